The van der Waals surface area contributed by atoms with E-state index in [0.717, 1.165) is 5.57 Å². The van der Waals surface area contributed by atoms with Crippen molar-refractivity contribution >= 4 is 5.97 Å². The third kappa shape index (κ3) is 6.02. The maximum Gasteiger partial charge on any atom is 0.460 e. The lowest BCUT2D eigenvalue weighted by atomic mass is 10.0. The lowest BCUT2D eigenvalue weighted by molar-refractivity contribution is -0.348. The van der Waals surface area contributed by atoms with Gasteiger partial charge in [0, 0.05) is 0 Å². The zero-order chi connectivity index (χ0) is 18.5. The fraction of sp³-hybridized carbons (Fsp3) is 0.786. The molecule has 0 fully saturated rings. The van der Waals surface area contributed by atoms with Crippen LogP contribution in [0.2, 0.25) is 0 Å². The molecule has 1 atom stereocenters. The van der Waals surface area contributed by atoms with Crippen molar-refractivity contribution in [1.29, 1.82) is 0 Å². The number of hydrogen-bond donors (Lipinski definition) is 0. The first-order chi connectivity index (χ1) is 10.2. The van der Waals surface area contributed by atoms with Crippen molar-refractivity contribution in [2.45, 2.75) is 58.1 Å². The molecular weight excluding hydrogens is 333 g/mol. The Morgan fingerprint density at radius 1 is 1.04 bits per heavy atom. The van der Waals surface area contributed by atoms with E-state index < -0.39 is 30.6 Å². The van der Waals surface area contributed by atoms with E-state index in [0.29, 0.717) is 12.8 Å². The summed E-state index contributed by atoms with van der Waals surface area (Å²) in [7, 11) is 0. The first-order valence-corrected chi connectivity index (χ1v) is 6.86. The first kappa shape index (κ1) is 21.7. The molecule has 0 radical (unpaired) electrons. The Morgan fingerprint density at radius 3 is 2.00 bits per heavy atom. The van der Waals surface area contributed by atoms with Crippen LogP contribution in [0.25, 0.3) is 0 Å². The SMILES string of the molecule is CC(C)=CCCC(C)CCOC(=O)C(F)(F)C(F)(F)C(F)(F)F. The van der Waals surface area contributed by atoms with Crippen molar-refractivity contribution in [2.24, 2.45) is 5.92 Å². The van der Waals surface area contributed by atoms with Gasteiger partial charge in [-0.15, -0.1) is 0 Å². The van der Waals surface area contributed by atoms with Crippen LogP contribution in [0.3, 0.4) is 0 Å². The number of halogens is 7. The second kappa shape index (κ2) is 8.01. The standard InChI is InChI=1S/C14H19F7O2/c1-9(2)5-4-6-10(3)7-8-23-11(22)12(15,16)13(17,18)14(19,20)21/h5,10H,4,6-8H2,1-3H3. The van der Waals surface area contributed by atoms with Crippen LogP contribution in [-0.4, -0.2) is 30.6 Å². The van der Waals surface area contributed by atoms with Gasteiger partial charge in [0.1, 0.15) is 0 Å². The van der Waals surface area contributed by atoms with E-state index in [1.165, 1.54) is 0 Å². The summed E-state index contributed by atoms with van der Waals surface area (Å²) in [4.78, 5) is 10.9. The minimum atomic E-state index is -6.55. The van der Waals surface area contributed by atoms with Gasteiger partial charge in [0.05, 0.1) is 6.61 Å². The lowest BCUT2D eigenvalue weighted by Crippen LogP contribution is -2.56. The normalized spacial score (nSPS) is 14.3. The van der Waals surface area contributed by atoms with E-state index in [-0.39, 0.29) is 12.3 Å². The lowest BCUT2D eigenvalue weighted by Gasteiger charge is -2.26. The molecule has 0 saturated heterocycles. The molecule has 1 unspecified atom stereocenters. The number of rotatable bonds is 8. The second-order valence-electron chi connectivity index (χ2n) is 5.54. The van der Waals surface area contributed by atoms with Gasteiger partial charge in [0.2, 0.25) is 0 Å². The van der Waals surface area contributed by atoms with E-state index >= 15 is 0 Å². The zero-order valence-corrected chi connectivity index (χ0v) is 12.9. The number of allylic oxidation sites excluding steroid dienone is 2. The Labute approximate surface area is 129 Å². The van der Waals surface area contributed by atoms with Crippen LogP contribution in [-0.2, 0) is 9.53 Å². The van der Waals surface area contributed by atoms with Crippen LogP contribution in [0.15, 0.2) is 11.6 Å². The Bertz CT molecular complexity index is 423. The summed E-state index contributed by atoms with van der Waals surface area (Å²) in [5.74, 6) is -15.4. The van der Waals surface area contributed by atoms with Crippen LogP contribution in [0.4, 0.5) is 30.7 Å². The minimum Gasteiger partial charge on any atom is -0.461 e. The largest absolute Gasteiger partial charge is 0.461 e. The quantitative estimate of drug-likeness (QED) is 0.344. The van der Waals surface area contributed by atoms with Crippen LogP contribution in [0.5, 0.6) is 0 Å². The maximum atomic E-state index is 13.0. The number of carbonyl (C=O) groups is 1. The summed E-state index contributed by atoms with van der Waals surface area (Å²) >= 11 is 0. The molecule has 136 valence electrons. The monoisotopic (exact) mass is 352 g/mol. The van der Waals surface area contributed by atoms with E-state index in [1.807, 2.05) is 19.9 Å². The maximum absolute atomic E-state index is 13.0. The van der Waals surface area contributed by atoms with Crippen molar-refractivity contribution < 1.29 is 40.3 Å². The summed E-state index contributed by atoms with van der Waals surface area (Å²) in [5, 5.41) is 0. The molecular formula is C14H19F7O2. The van der Waals surface area contributed by atoms with E-state index in [2.05, 4.69) is 4.74 Å². The number of esters is 1. The molecule has 0 aromatic carbocycles. The first-order valence-electron chi connectivity index (χ1n) is 6.86. The van der Waals surface area contributed by atoms with Gasteiger partial charge in [-0.1, -0.05) is 18.6 Å². The molecule has 0 spiro atoms. The minimum absolute atomic E-state index is 0.0739. The summed E-state index contributed by atoms with van der Waals surface area (Å²) in [6, 6.07) is 0. The van der Waals surface area contributed by atoms with Crippen molar-refractivity contribution in [1.82, 2.24) is 0 Å². The smallest absolute Gasteiger partial charge is 0.460 e. The Hall–Kier alpha value is -1.28. The molecule has 0 aromatic rings. The number of hydrogen-bond acceptors (Lipinski definition) is 2. The van der Waals surface area contributed by atoms with Gasteiger partial charge >= 0.3 is 24.0 Å². The fourth-order valence-corrected chi connectivity index (χ4v) is 1.55. The van der Waals surface area contributed by atoms with E-state index in [4.69, 9.17) is 0 Å². The van der Waals surface area contributed by atoms with Gasteiger partial charge in [-0.25, -0.2) is 4.79 Å². The molecule has 0 rings (SSSR count). The molecule has 0 N–H and O–H groups in total. The summed E-state index contributed by atoms with van der Waals surface area (Å²) < 4.78 is 90.7. The van der Waals surface area contributed by atoms with Crippen molar-refractivity contribution in [3.05, 3.63) is 11.6 Å². The molecule has 0 saturated carbocycles. The highest BCUT2D eigenvalue weighted by molar-refractivity contribution is 5.79. The van der Waals surface area contributed by atoms with Crippen molar-refractivity contribution in [3.63, 3.8) is 0 Å². The van der Waals surface area contributed by atoms with Crippen LogP contribution in [0, 0.1) is 5.92 Å². The van der Waals surface area contributed by atoms with Crippen LogP contribution < -0.4 is 0 Å². The van der Waals surface area contributed by atoms with Gasteiger partial charge in [-0.3, -0.25) is 0 Å². The number of ether oxygens (including phenoxy) is 1. The fourth-order valence-electron chi connectivity index (χ4n) is 1.55. The van der Waals surface area contributed by atoms with Gasteiger partial charge in [-0.05, 0) is 39.0 Å². The molecule has 0 aliphatic rings. The topological polar surface area (TPSA) is 26.3 Å². The summed E-state index contributed by atoms with van der Waals surface area (Å²) in [6.07, 6.45) is -3.21. The third-order valence-corrected chi connectivity index (χ3v) is 3.06. The predicted molar refractivity (Wildman–Crippen MR) is 69.4 cm³/mol. The molecule has 0 aromatic heterocycles. The molecule has 0 bridgehead atoms. The molecule has 23 heavy (non-hydrogen) atoms. The van der Waals surface area contributed by atoms with Crippen LogP contribution in [0.1, 0.15) is 40.0 Å². The molecule has 0 amide bonds. The Kier molecular flexibility index (Phi) is 7.56. The van der Waals surface area contributed by atoms with Gasteiger partial charge in [-0.2, -0.15) is 30.7 Å². The highest BCUT2D eigenvalue weighted by atomic mass is 19.4. The second-order valence-corrected chi connectivity index (χ2v) is 5.54. The molecule has 9 heteroatoms. The van der Waals surface area contributed by atoms with Crippen molar-refractivity contribution in [2.75, 3.05) is 6.61 Å². The average Bonchev–Trinajstić information content (AvgIpc) is 2.36. The van der Waals surface area contributed by atoms with Gasteiger partial charge < -0.3 is 4.74 Å². The Morgan fingerprint density at radius 2 is 1.57 bits per heavy atom. The van der Waals surface area contributed by atoms with Gasteiger partial charge in [0.15, 0.2) is 0 Å². The van der Waals surface area contributed by atoms with E-state index in [1.54, 1.807) is 6.92 Å². The van der Waals surface area contributed by atoms with Gasteiger partial charge in [0.25, 0.3) is 0 Å². The zero-order valence-electron chi connectivity index (χ0n) is 12.9. The molecule has 0 aliphatic heterocycles. The third-order valence-electron chi connectivity index (χ3n) is 3.06. The molecule has 2 nitrogen and oxygen atoms in total. The van der Waals surface area contributed by atoms with Crippen molar-refractivity contribution in [3.8, 4) is 0 Å². The average molecular weight is 352 g/mol. The summed E-state index contributed by atoms with van der Waals surface area (Å²) in [5.41, 5.74) is 1.08. The van der Waals surface area contributed by atoms with E-state index in [9.17, 15) is 35.5 Å². The van der Waals surface area contributed by atoms with Crippen LogP contribution >= 0.6 is 0 Å². The predicted octanol–water partition coefficient (Wildman–Crippen LogP) is 5.14. The summed E-state index contributed by atoms with van der Waals surface area (Å²) in [6.45, 7) is 4.83. The Balaban J connectivity index is 4.47. The molecule has 0 heterocycles. The highest BCUT2D eigenvalue weighted by Crippen LogP contribution is 2.46. The highest BCUT2D eigenvalue weighted by Gasteiger charge is 2.77. The number of alkyl halides is 7. The number of carbonyl (C=O) groups excluding carboxylic acids is 1. The molecule has 0 aliphatic carbocycles.